The van der Waals surface area contributed by atoms with E-state index in [1.54, 1.807) is 28.8 Å². The number of amides is 1. The Kier molecular flexibility index (Phi) is 8.36. The van der Waals surface area contributed by atoms with Gasteiger partial charge in [0.2, 0.25) is 15.9 Å². The summed E-state index contributed by atoms with van der Waals surface area (Å²) in [4.78, 5) is 31.4. The third-order valence-corrected chi connectivity index (χ3v) is 9.47. The van der Waals surface area contributed by atoms with Gasteiger partial charge in [-0.3, -0.25) is 14.2 Å². The van der Waals surface area contributed by atoms with Gasteiger partial charge in [-0.25, -0.2) is 13.4 Å². The molecule has 11 heteroatoms. The zero-order chi connectivity index (χ0) is 28.3. The normalized spacial score (nSPS) is 14.5. The number of nitrogens with zero attached hydrogens (tertiary/aromatic N) is 3. The predicted molar refractivity (Wildman–Crippen MR) is 157 cm³/mol. The molecule has 1 aliphatic heterocycles. The molecule has 1 fully saturated rings. The van der Waals surface area contributed by atoms with Crippen LogP contribution < -0.4 is 10.9 Å². The van der Waals surface area contributed by atoms with Crippen molar-refractivity contribution in [2.45, 2.75) is 29.8 Å². The molecule has 0 aliphatic carbocycles. The Bertz CT molecular complexity index is 1700. The number of carbonyl (C=O) groups excluding carboxylic acids is 1. The molecule has 1 amide bonds. The molecule has 0 radical (unpaired) electrons. The fraction of sp³-hybridized carbons (Fsp3) is 0.276. The molecule has 0 saturated carbocycles. The predicted octanol–water partition coefficient (Wildman–Crippen LogP) is 4.26. The van der Waals surface area contributed by atoms with Crippen molar-refractivity contribution in [2.24, 2.45) is 0 Å². The molecule has 5 rings (SSSR count). The number of hydrogen-bond donors (Lipinski definition) is 1. The van der Waals surface area contributed by atoms with Gasteiger partial charge in [-0.2, -0.15) is 4.31 Å². The minimum atomic E-state index is -3.62. The zero-order valence-corrected chi connectivity index (χ0v) is 23.9. The standard InChI is InChI=1S/C29H30N4O5S2/c1-20(2)23-7-4-6-10-26(23)33-28(35)24-8-3-5-9-25(24)31-29(33)39-19-27(34)30-21-11-13-22(14-12-21)40(36,37)32-15-17-38-18-16-32/h3-14,20H,15-19H2,1-2H3,(H,30,34). The SMILES string of the molecule is CC(C)c1ccccc1-n1c(SCC(=O)Nc2ccc(S(=O)(=O)N3CCOCC3)cc2)nc2ccccc2c1=O. The van der Waals surface area contributed by atoms with E-state index in [-0.39, 0.29) is 28.0 Å². The van der Waals surface area contributed by atoms with Crippen LogP contribution >= 0.6 is 11.8 Å². The van der Waals surface area contributed by atoms with Gasteiger partial charge >= 0.3 is 0 Å². The summed E-state index contributed by atoms with van der Waals surface area (Å²) in [6, 6.07) is 21.0. The lowest BCUT2D eigenvalue weighted by Crippen LogP contribution is -2.40. The van der Waals surface area contributed by atoms with E-state index >= 15 is 0 Å². The summed E-state index contributed by atoms with van der Waals surface area (Å²) >= 11 is 1.17. The summed E-state index contributed by atoms with van der Waals surface area (Å²) in [7, 11) is -3.62. The molecule has 0 atom stereocenters. The number of carbonyl (C=O) groups is 1. The summed E-state index contributed by atoms with van der Waals surface area (Å²) in [5, 5.41) is 3.73. The molecule has 1 N–H and O–H groups in total. The van der Waals surface area contributed by atoms with Gasteiger partial charge in [-0.05, 0) is 53.9 Å². The van der Waals surface area contributed by atoms with Gasteiger partial charge in [0.25, 0.3) is 5.56 Å². The van der Waals surface area contributed by atoms with Gasteiger partial charge in [-0.1, -0.05) is 55.9 Å². The van der Waals surface area contributed by atoms with Gasteiger partial charge < -0.3 is 10.1 Å². The van der Waals surface area contributed by atoms with Crippen molar-refractivity contribution in [3.05, 3.63) is 88.7 Å². The highest BCUT2D eigenvalue weighted by molar-refractivity contribution is 7.99. The number of rotatable bonds is 8. The summed E-state index contributed by atoms with van der Waals surface area (Å²) < 4.78 is 33.9. The Morgan fingerprint density at radius 2 is 1.68 bits per heavy atom. The highest BCUT2D eigenvalue weighted by Gasteiger charge is 2.26. The fourth-order valence-electron chi connectivity index (χ4n) is 4.57. The van der Waals surface area contributed by atoms with Crippen molar-refractivity contribution in [1.29, 1.82) is 0 Å². The van der Waals surface area contributed by atoms with Crippen LogP contribution in [0.15, 0.2) is 87.6 Å². The Morgan fingerprint density at radius 1 is 1.00 bits per heavy atom. The molecule has 1 saturated heterocycles. The molecule has 2 heterocycles. The van der Waals surface area contributed by atoms with Crippen LogP contribution in [0.4, 0.5) is 5.69 Å². The molecule has 0 bridgehead atoms. The van der Waals surface area contributed by atoms with Gasteiger partial charge in [0, 0.05) is 18.8 Å². The maximum absolute atomic E-state index is 13.6. The van der Waals surface area contributed by atoms with Crippen LogP contribution in [-0.2, 0) is 19.6 Å². The van der Waals surface area contributed by atoms with Crippen LogP contribution in [-0.4, -0.2) is 60.2 Å². The van der Waals surface area contributed by atoms with E-state index in [1.165, 1.54) is 28.2 Å². The van der Waals surface area contributed by atoms with Crippen LogP contribution in [0.5, 0.6) is 0 Å². The van der Waals surface area contributed by atoms with Gasteiger partial charge in [0.15, 0.2) is 5.16 Å². The highest BCUT2D eigenvalue weighted by Crippen LogP contribution is 2.27. The minimum Gasteiger partial charge on any atom is -0.379 e. The number of nitrogens with one attached hydrogen (secondary N) is 1. The summed E-state index contributed by atoms with van der Waals surface area (Å²) in [6.45, 7) is 5.50. The maximum atomic E-state index is 13.6. The first-order valence-electron chi connectivity index (χ1n) is 13.0. The fourth-order valence-corrected chi connectivity index (χ4v) is 6.79. The number of sulfonamides is 1. The van der Waals surface area contributed by atoms with E-state index in [0.717, 1.165) is 11.3 Å². The molecule has 3 aromatic carbocycles. The van der Waals surface area contributed by atoms with Crippen LogP contribution in [0.3, 0.4) is 0 Å². The third kappa shape index (κ3) is 5.83. The van der Waals surface area contributed by atoms with Gasteiger partial charge in [-0.15, -0.1) is 0 Å². The number of aromatic nitrogens is 2. The number of morpholine rings is 1. The summed E-state index contributed by atoms with van der Waals surface area (Å²) in [5.41, 5.74) is 2.57. The Labute approximate surface area is 237 Å². The average Bonchev–Trinajstić information content (AvgIpc) is 2.97. The number of anilines is 1. The Hall–Kier alpha value is -3.51. The molecule has 40 heavy (non-hydrogen) atoms. The van der Waals surface area contributed by atoms with Crippen molar-refractivity contribution in [1.82, 2.24) is 13.9 Å². The molecule has 9 nitrogen and oxygen atoms in total. The zero-order valence-electron chi connectivity index (χ0n) is 22.2. The molecule has 1 aromatic heterocycles. The van der Waals surface area contributed by atoms with Crippen molar-refractivity contribution < 1.29 is 17.9 Å². The van der Waals surface area contributed by atoms with Crippen molar-refractivity contribution in [2.75, 3.05) is 37.4 Å². The minimum absolute atomic E-state index is 0.00243. The van der Waals surface area contributed by atoms with Crippen LogP contribution in [0.25, 0.3) is 16.6 Å². The van der Waals surface area contributed by atoms with Crippen molar-refractivity contribution in [3.63, 3.8) is 0 Å². The molecule has 1 aliphatic rings. The second kappa shape index (κ2) is 11.9. The lowest BCUT2D eigenvalue weighted by Gasteiger charge is -2.26. The van der Waals surface area contributed by atoms with Crippen molar-refractivity contribution >= 4 is 44.3 Å². The molecular formula is C29H30N4O5S2. The second-order valence-corrected chi connectivity index (χ2v) is 12.5. The van der Waals surface area contributed by atoms with Gasteiger partial charge in [0.1, 0.15) is 0 Å². The van der Waals surface area contributed by atoms with E-state index in [0.29, 0.717) is 48.1 Å². The lowest BCUT2D eigenvalue weighted by molar-refractivity contribution is -0.113. The molecular weight excluding hydrogens is 548 g/mol. The topological polar surface area (TPSA) is 111 Å². The van der Waals surface area contributed by atoms with E-state index in [9.17, 15) is 18.0 Å². The average molecular weight is 579 g/mol. The number of thioether (sulfide) groups is 1. The molecule has 4 aromatic rings. The highest BCUT2D eigenvalue weighted by atomic mass is 32.2. The number of para-hydroxylation sites is 2. The Morgan fingerprint density at radius 3 is 2.40 bits per heavy atom. The van der Waals surface area contributed by atoms with Gasteiger partial charge in [0.05, 0.1) is 40.5 Å². The van der Waals surface area contributed by atoms with E-state index in [2.05, 4.69) is 19.2 Å². The van der Waals surface area contributed by atoms with E-state index in [1.807, 2.05) is 36.4 Å². The molecule has 0 unspecified atom stereocenters. The van der Waals surface area contributed by atoms with E-state index in [4.69, 9.17) is 9.72 Å². The maximum Gasteiger partial charge on any atom is 0.266 e. The van der Waals surface area contributed by atoms with Crippen LogP contribution in [0, 0.1) is 0 Å². The van der Waals surface area contributed by atoms with Crippen LogP contribution in [0.1, 0.15) is 25.3 Å². The number of ether oxygens (including phenoxy) is 1. The largest absolute Gasteiger partial charge is 0.379 e. The molecule has 208 valence electrons. The number of fused-ring (bicyclic) bond motifs is 1. The number of hydrogen-bond acceptors (Lipinski definition) is 7. The lowest BCUT2D eigenvalue weighted by atomic mass is 10.0. The molecule has 0 spiro atoms. The number of benzene rings is 3. The second-order valence-electron chi connectivity index (χ2n) is 9.64. The Balaban J connectivity index is 1.36. The summed E-state index contributed by atoms with van der Waals surface area (Å²) in [6.07, 6.45) is 0. The first kappa shape index (κ1) is 28.0. The van der Waals surface area contributed by atoms with Crippen molar-refractivity contribution in [3.8, 4) is 5.69 Å². The van der Waals surface area contributed by atoms with E-state index < -0.39 is 10.0 Å². The monoisotopic (exact) mass is 578 g/mol. The quantitative estimate of drug-likeness (QED) is 0.246. The third-order valence-electron chi connectivity index (χ3n) is 6.62. The first-order valence-corrected chi connectivity index (χ1v) is 15.4. The van der Waals surface area contributed by atoms with Crippen LogP contribution in [0.2, 0.25) is 0 Å². The first-order chi connectivity index (χ1) is 19.3. The smallest absolute Gasteiger partial charge is 0.266 e. The summed E-state index contributed by atoms with van der Waals surface area (Å²) in [5.74, 6) is -0.131.